The Morgan fingerprint density at radius 3 is 2.68 bits per heavy atom. The average Bonchev–Trinajstić information content (AvgIpc) is 2.96. The lowest BCUT2D eigenvalue weighted by atomic mass is 9.84. The van der Waals surface area contributed by atoms with Crippen molar-refractivity contribution >= 4 is 33.5 Å². The van der Waals surface area contributed by atoms with Gasteiger partial charge in [-0.25, -0.2) is 4.79 Å². The van der Waals surface area contributed by atoms with Crippen molar-refractivity contribution in [3.63, 3.8) is 0 Å². The molecule has 0 aliphatic carbocycles. The summed E-state index contributed by atoms with van der Waals surface area (Å²) in [5.41, 5.74) is 4.05. The molecule has 0 aromatic heterocycles. The van der Waals surface area contributed by atoms with E-state index in [0.717, 1.165) is 21.3 Å². The first-order chi connectivity index (χ1) is 12.0. The Kier molecular flexibility index (Phi) is 3.96. The standard InChI is InChI=1S/C20H16BrNO3/c1-12-4-2-7-15(8-12)22-17-11-25-20(24)19(17)16(10-18(22)23)13-5-3-6-14(21)9-13/h2-9,16H,10-11H2,1H3/t16-/m1/s1. The molecule has 25 heavy (non-hydrogen) atoms. The van der Waals surface area contributed by atoms with Crippen molar-refractivity contribution in [3.05, 3.63) is 75.4 Å². The van der Waals surface area contributed by atoms with Crippen LogP contribution in [0.15, 0.2) is 64.3 Å². The highest BCUT2D eigenvalue weighted by Gasteiger charge is 2.42. The second-order valence-electron chi connectivity index (χ2n) is 6.32. The molecular weight excluding hydrogens is 382 g/mol. The smallest absolute Gasteiger partial charge is 0.336 e. The minimum Gasteiger partial charge on any atom is -0.456 e. The van der Waals surface area contributed by atoms with E-state index in [1.165, 1.54) is 0 Å². The number of benzene rings is 2. The fraction of sp³-hybridized carbons (Fsp3) is 0.200. The first-order valence-corrected chi connectivity index (χ1v) is 8.89. The molecule has 0 bridgehead atoms. The first kappa shape index (κ1) is 16.1. The lowest BCUT2D eigenvalue weighted by Gasteiger charge is -2.32. The molecular formula is C20H16BrNO3. The van der Waals surface area contributed by atoms with Crippen molar-refractivity contribution < 1.29 is 14.3 Å². The van der Waals surface area contributed by atoms with Gasteiger partial charge in [-0.1, -0.05) is 40.2 Å². The fourth-order valence-electron chi connectivity index (χ4n) is 3.53. The normalized spacial score (nSPS) is 19.9. The van der Waals surface area contributed by atoms with E-state index < -0.39 is 0 Å². The number of esters is 1. The van der Waals surface area contributed by atoms with E-state index in [9.17, 15) is 9.59 Å². The Balaban J connectivity index is 1.84. The van der Waals surface area contributed by atoms with Crippen LogP contribution in [0.25, 0.3) is 0 Å². The van der Waals surface area contributed by atoms with Gasteiger partial charge in [0, 0.05) is 22.5 Å². The van der Waals surface area contributed by atoms with Gasteiger partial charge in [-0.3, -0.25) is 9.69 Å². The summed E-state index contributed by atoms with van der Waals surface area (Å²) in [5, 5.41) is 0. The number of ether oxygens (including phenoxy) is 1. The van der Waals surface area contributed by atoms with Gasteiger partial charge in [0.15, 0.2) is 0 Å². The third kappa shape index (κ3) is 2.78. The van der Waals surface area contributed by atoms with Crippen LogP contribution in [0, 0.1) is 6.92 Å². The molecule has 0 spiro atoms. The van der Waals surface area contributed by atoms with Crippen LogP contribution in [0.4, 0.5) is 5.69 Å². The van der Waals surface area contributed by atoms with Crippen LogP contribution in [-0.4, -0.2) is 18.5 Å². The average molecular weight is 398 g/mol. The zero-order valence-electron chi connectivity index (χ0n) is 13.7. The molecule has 2 aromatic rings. The molecule has 5 heteroatoms. The van der Waals surface area contributed by atoms with Gasteiger partial charge >= 0.3 is 5.97 Å². The molecule has 4 rings (SSSR count). The van der Waals surface area contributed by atoms with Gasteiger partial charge in [-0.2, -0.15) is 0 Å². The van der Waals surface area contributed by atoms with E-state index >= 15 is 0 Å². The van der Waals surface area contributed by atoms with Gasteiger partial charge in [-0.05, 0) is 42.3 Å². The summed E-state index contributed by atoms with van der Waals surface area (Å²) in [7, 11) is 0. The highest BCUT2D eigenvalue weighted by atomic mass is 79.9. The summed E-state index contributed by atoms with van der Waals surface area (Å²) in [4.78, 5) is 27.0. The summed E-state index contributed by atoms with van der Waals surface area (Å²) in [6.45, 7) is 2.12. The number of aryl methyl sites for hydroxylation is 1. The van der Waals surface area contributed by atoms with E-state index in [1.54, 1.807) is 4.90 Å². The van der Waals surface area contributed by atoms with Crippen molar-refractivity contribution in [1.82, 2.24) is 0 Å². The van der Waals surface area contributed by atoms with Gasteiger partial charge in [-0.15, -0.1) is 0 Å². The zero-order chi connectivity index (χ0) is 17.6. The van der Waals surface area contributed by atoms with Crippen LogP contribution in [0.2, 0.25) is 0 Å². The number of hydrogen-bond donors (Lipinski definition) is 0. The topological polar surface area (TPSA) is 46.6 Å². The quantitative estimate of drug-likeness (QED) is 0.716. The number of halogens is 1. The van der Waals surface area contributed by atoms with Gasteiger partial charge in [0.1, 0.15) is 6.61 Å². The Labute approximate surface area is 154 Å². The van der Waals surface area contributed by atoms with E-state index in [-0.39, 0.29) is 30.8 Å². The third-order valence-electron chi connectivity index (χ3n) is 4.63. The van der Waals surface area contributed by atoms with Crippen molar-refractivity contribution in [1.29, 1.82) is 0 Å². The van der Waals surface area contributed by atoms with Gasteiger partial charge < -0.3 is 4.74 Å². The number of rotatable bonds is 2. The van der Waals surface area contributed by atoms with Crippen LogP contribution < -0.4 is 4.90 Å². The molecule has 0 saturated carbocycles. The maximum absolute atomic E-state index is 12.9. The highest BCUT2D eigenvalue weighted by molar-refractivity contribution is 9.10. The van der Waals surface area contributed by atoms with Crippen LogP contribution in [0.1, 0.15) is 23.5 Å². The largest absolute Gasteiger partial charge is 0.456 e. The van der Waals surface area contributed by atoms with Gasteiger partial charge in [0.05, 0.1) is 11.3 Å². The minimum atomic E-state index is -0.329. The molecule has 2 heterocycles. The van der Waals surface area contributed by atoms with Gasteiger partial charge in [0.25, 0.3) is 0 Å². The maximum Gasteiger partial charge on any atom is 0.336 e. The predicted molar refractivity (Wildman–Crippen MR) is 98.2 cm³/mol. The zero-order valence-corrected chi connectivity index (χ0v) is 15.2. The molecule has 0 radical (unpaired) electrons. The van der Waals surface area contributed by atoms with E-state index in [4.69, 9.17) is 4.74 Å². The number of nitrogens with zero attached hydrogens (tertiary/aromatic N) is 1. The molecule has 2 aliphatic heterocycles. The predicted octanol–water partition coefficient (Wildman–Crippen LogP) is 4.09. The number of hydrogen-bond acceptors (Lipinski definition) is 3. The molecule has 2 aromatic carbocycles. The third-order valence-corrected chi connectivity index (χ3v) is 5.12. The minimum absolute atomic E-state index is 0.0207. The lowest BCUT2D eigenvalue weighted by Crippen LogP contribution is -2.37. The summed E-state index contributed by atoms with van der Waals surface area (Å²) in [5.74, 6) is -0.617. The summed E-state index contributed by atoms with van der Waals surface area (Å²) in [6.07, 6.45) is 0.248. The molecule has 0 fully saturated rings. The monoisotopic (exact) mass is 397 g/mol. The van der Waals surface area contributed by atoms with Crippen molar-refractivity contribution in [2.75, 3.05) is 11.5 Å². The van der Waals surface area contributed by atoms with Crippen molar-refractivity contribution in [2.24, 2.45) is 0 Å². The Hall–Kier alpha value is -2.40. The molecule has 1 atom stereocenters. The maximum atomic E-state index is 12.9. The molecule has 2 aliphatic rings. The SMILES string of the molecule is Cc1cccc(N2C(=O)C[C@H](c3cccc(Br)c3)C3=C2COC3=O)c1. The highest BCUT2D eigenvalue weighted by Crippen LogP contribution is 2.42. The Morgan fingerprint density at radius 2 is 1.92 bits per heavy atom. The summed E-state index contributed by atoms with van der Waals surface area (Å²) < 4.78 is 6.22. The summed E-state index contributed by atoms with van der Waals surface area (Å²) >= 11 is 3.46. The molecule has 0 unspecified atom stereocenters. The number of carbonyl (C=O) groups excluding carboxylic acids is 2. The molecule has 0 saturated heterocycles. The Bertz CT molecular complexity index is 919. The van der Waals surface area contributed by atoms with E-state index in [2.05, 4.69) is 15.9 Å². The van der Waals surface area contributed by atoms with Gasteiger partial charge in [0.2, 0.25) is 5.91 Å². The second kappa shape index (κ2) is 6.15. The van der Waals surface area contributed by atoms with Crippen LogP contribution in [0.3, 0.4) is 0 Å². The van der Waals surface area contributed by atoms with Crippen molar-refractivity contribution in [3.8, 4) is 0 Å². The lowest BCUT2D eigenvalue weighted by molar-refractivity contribution is -0.136. The van der Waals surface area contributed by atoms with Crippen molar-refractivity contribution in [2.45, 2.75) is 19.3 Å². The number of amides is 1. The Morgan fingerprint density at radius 1 is 1.12 bits per heavy atom. The van der Waals surface area contributed by atoms with Crippen LogP contribution in [0.5, 0.6) is 0 Å². The van der Waals surface area contributed by atoms with Crippen LogP contribution >= 0.6 is 15.9 Å². The number of cyclic esters (lactones) is 1. The molecule has 0 N–H and O–H groups in total. The molecule has 1 amide bonds. The number of carbonyl (C=O) groups is 2. The first-order valence-electron chi connectivity index (χ1n) is 8.10. The fourth-order valence-corrected chi connectivity index (χ4v) is 3.95. The van der Waals surface area contributed by atoms with E-state index in [1.807, 2.05) is 55.5 Å². The van der Waals surface area contributed by atoms with E-state index in [0.29, 0.717) is 11.3 Å². The molecule has 126 valence electrons. The summed E-state index contributed by atoms with van der Waals surface area (Å²) in [6, 6.07) is 15.5. The second-order valence-corrected chi connectivity index (χ2v) is 7.23. The number of anilines is 1. The van der Waals surface area contributed by atoms with Crippen LogP contribution in [-0.2, 0) is 14.3 Å². The molecule has 4 nitrogen and oxygen atoms in total.